The molecule has 0 aromatic heterocycles. The molecule has 2 nitrogen and oxygen atoms in total. The van der Waals surface area contributed by atoms with E-state index in [0.717, 1.165) is 5.69 Å². The van der Waals surface area contributed by atoms with Gasteiger partial charge in [-0.05, 0) is 40.8 Å². The number of anilines is 1. The Morgan fingerprint density at radius 1 is 0.769 bits per heavy atom. The van der Waals surface area contributed by atoms with E-state index < -0.39 is 0 Å². The van der Waals surface area contributed by atoms with Crippen LogP contribution in [0.3, 0.4) is 0 Å². The molecule has 0 bridgehead atoms. The molecule has 1 aliphatic rings. The van der Waals surface area contributed by atoms with Gasteiger partial charge in [-0.3, -0.25) is 5.01 Å². The van der Waals surface area contributed by atoms with Crippen LogP contribution < -0.4 is 10.4 Å². The highest BCUT2D eigenvalue weighted by Crippen LogP contribution is 2.34. The van der Waals surface area contributed by atoms with Gasteiger partial charge in [-0.1, -0.05) is 86.6 Å². The molecule has 1 N–H and O–H groups in total. The first kappa shape index (κ1) is 16.6. The lowest BCUT2D eigenvalue weighted by Crippen LogP contribution is -2.33. The molecule has 1 atom stereocenters. The summed E-state index contributed by atoms with van der Waals surface area (Å²) in [5.41, 5.74) is 9.86. The summed E-state index contributed by atoms with van der Waals surface area (Å²) < 4.78 is 0. The van der Waals surface area contributed by atoms with E-state index in [1.54, 1.807) is 0 Å². The number of benzene rings is 3. The minimum atomic E-state index is 0.159. The van der Waals surface area contributed by atoms with Crippen LogP contribution >= 0.6 is 0 Å². The predicted molar refractivity (Wildman–Crippen MR) is 110 cm³/mol. The second-order valence-electron chi connectivity index (χ2n) is 7.02. The summed E-state index contributed by atoms with van der Waals surface area (Å²) in [6, 6.07) is 30.1. The Balaban J connectivity index is 1.70. The Kier molecular flexibility index (Phi) is 4.59. The number of hydrogen-bond acceptors (Lipinski definition) is 2. The van der Waals surface area contributed by atoms with E-state index in [2.05, 4.69) is 109 Å². The molecule has 0 radical (unpaired) electrons. The van der Waals surface area contributed by atoms with Gasteiger partial charge in [0.15, 0.2) is 0 Å². The highest BCUT2D eigenvalue weighted by Gasteiger charge is 2.26. The van der Waals surface area contributed by atoms with Crippen LogP contribution in [0.4, 0.5) is 5.69 Å². The van der Waals surface area contributed by atoms with Crippen LogP contribution in [0, 0.1) is 0 Å². The molecule has 1 unspecified atom stereocenters. The lowest BCUT2D eigenvalue weighted by atomic mass is 9.99. The fourth-order valence-corrected chi connectivity index (χ4v) is 3.36. The first-order valence-electron chi connectivity index (χ1n) is 9.21. The molecule has 3 aromatic rings. The quantitative estimate of drug-likeness (QED) is 0.634. The standard InChI is InChI=1S/C24H24N2/c1-18(2)19-13-15-20(16-14-19)23-17-24(21-9-5-3-6-10-21)26(25-23)22-11-7-4-8-12-22/h3-18,23,25H,1-2H3. The number of nitrogens with one attached hydrogen (secondary N) is 1. The lowest BCUT2D eigenvalue weighted by Gasteiger charge is -2.24. The molecule has 0 amide bonds. The first-order chi connectivity index (χ1) is 12.7. The van der Waals surface area contributed by atoms with Crippen LogP contribution in [0.2, 0.25) is 0 Å². The van der Waals surface area contributed by atoms with Crippen molar-refractivity contribution in [1.82, 2.24) is 5.43 Å². The highest BCUT2D eigenvalue weighted by atomic mass is 15.5. The van der Waals surface area contributed by atoms with Gasteiger partial charge in [0.2, 0.25) is 0 Å². The molecule has 1 aliphatic heterocycles. The lowest BCUT2D eigenvalue weighted by molar-refractivity contribution is 0.673. The first-order valence-corrected chi connectivity index (χ1v) is 9.21. The second kappa shape index (κ2) is 7.19. The molecule has 2 heteroatoms. The van der Waals surface area contributed by atoms with Crippen molar-refractivity contribution in [3.63, 3.8) is 0 Å². The van der Waals surface area contributed by atoms with Crippen LogP contribution in [0.25, 0.3) is 5.70 Å². The van der Waals surface area contributed by atoms with Crippen LogP contribution in [-0.4, -0.2) is 0 Å². The fraction of sp³-hybridized carbons (Fsp3) is 0.167. The molecule has 0 spiro atoms. The smallest absolute Gasteiger partial charge is 0.0720 e. The average molecular weight is 340 g/mol. The van der Waals surface area contributed by atoms with E-state index in [0.29, 0.717) is 5.92 Å². The van der Waals surface area contributed by atoms with E-state index in [9.17, 15) is 0 Å². The Morgan fingerprint density at radius 2 is 1.38 bits per heavy atom. The molecular weight excluding hydrogens is 316 g/mol. The number of para-hydroxylation sites is 1. The second-order valence-corrected chi connectivity index (χ2v) is 7.02. The predicted octanol–water partition coefficient (Wildman–Crippen LogP) is 5.92. The highest BCUT2D eigenvalue weighted by molar-refractivity contribution is 5.81. The molecular formula is C24H24N2. The van der Waals surface area contributed by atoms with Gasteiger partial charge in [0, 0.05) is 0 Å². The summed E-state index contributed by atoms with van der Waals surface area (Å²) in [5.74, 6) is 0.553. The van der Waals surface area contributed by atoms with Crippen molar-refractivity contribution < 1.29 is 0 Å². The van der Waals surface area contributed by atoms with Gasteiger partial charge >= 0.3 is 0 Å². The summed E-state index contributed by atoms with van der Waals surface area (Å²) in [4.78, 5) is 0. The van der Waals surface area contributed by atoms with Gasteiger partial charge in [0.25, 0.3) is 0 Å². The molecule has 3 aromatic carbocycles. The van der Waals surface area contributed by atoms with E-state index in [1.165, 1.54) is 22.4 Å². The zero-order valence-corrected chi connectivity index (χ0v) is 15.3. The molecule has 0 saturated carbocycles. The Morgan fingerprint density at radius 3 is 2.00 bits per heavy atom. The molecule has 1 heterocycles. The van der Waals surface area contributed by atoms with E-state index in [4.69, 9.17) is 0 Å². The molecule has 0 aliphatic carbocycles. The van der Waals surface area contributed by atoms with Crippen LogP contribution in [0.15, 0.2) is 91.0 Å². The van der Waals surface area contributed by atoms with Gasteiger partial charge in [-0.2, -0.15) is 0 Å². The monoisotopic (exact) mass is 340 g/mol. The number of hydrogen-bond donors (Lipinski definition) is 1. The van der Waals surface area contributed by atoms with Crippen molar-refractivity contribution in [2.75, 3.05) is 5.01 Å². The maximum atomic E-state index is 3.66. The molecule has 26 heavy (non-hydrogen) atoms. The summed E-state index contributed by atoms with van der Waals surface area (Å²) in [6.45, 7) is 4.46. The molecule has 0 saturated heterocycles. The molecule has 0 fully saturated rings. The summed E-state index contributed by atoms with van der Waals surface area (Å²) in [5, 5.41) is 2.19. The topological polar surface area (TPSA) is 15.3 Å². The number of rotatable bonds is 4. The van der Waals surface area contributed by atoms with Crippen molar-refractivity contribution in [2.24, 2.45) is 0 Å². The van der Waals surface area contributed by atoms with Crippen molar-refractivity contribution in [3.8, 4) is 0 Å². The van der Waals surface area contributed by atoms with E-state index in [-0.39, 0.29) is 6.04 Å². The van der Waals surface area contributed by atoms with Gasteiger partial charge in [-0.25, -0.2) is 5.43 Å². The number of nitrogens with zero attached hydrogens (tertiary/aromatic N) is 1. The van der Waals surface area contributed by atoms with Crippen molar-refractivity contribution in [3.05, 3.63) is 108 Å². The third-order valence-corrected chi connectivity index (χ3v) is 4.88. The van der Waals surface area contributed by atoms with Gasteiger partial charge in [0.05, 0.1) is 17.4 Å². The minimum absolute atomic E-state index is 0.159. The maximum Gasteiger partial charge on any atom is 0.0720 e. The van der Waals surface area contributed by atoms with Crippen LogP contribution in [0.1, 0.15) is 42.5 Å². The summed E-state index contributed by atoms with van der Waals surface area (Å²) in [6.07, 6.45) is 2.31. The normalized spacial score (nSPS) is 16.8. The van der Waals surface area contributed by atoms with E-state index in [1.807, 2.05) is 6.07 Å². The van der Waals surface area contributed by atoms with Crippen molar-refractivity contribution in [2.45, 2.75) is 25.8 Å². The van der Waals surface area contributed by atoms with Gasteiger partial charge < -0.3 is 0 Å². The Bertz CT molecular complexity index is 881. The summed E-state index contributed by atoms with van der Waals surface area (Å²) in [7, 11) is 0. The maximum absolute atomic E-state index is 3.66. The zero-order chi connectivity index (χ0) is 17.9. The van der Waals surface area contributed by atoms with Crippen molar-refractivity contribution in [1.29, 1.82) is 0 Å². The molecule has 4 rings (SSSR count). The third kappa shape index (κ3) is 3.29. The van der Waals surface area contributed by atoms with Gasteiger partial charge in [-0.15, -0.1) is 0 Å². The van der Waals surface area contributed by atoms with Crippen molar-refractivity contribution >= 4 is 11.4 Å². The fourth-order valence-electron chi connectivity index (χ4n) is 3.36. The minimum Gasteiger partial charge on any atom is -0.276 e. The zero-order valence-electron chi connectivity index (χ0n) is 15.3. The summed E-state index contributed by atoms with van der Waals surface area (Å²) >= 11 is 0. The average Bonchev–Trinajstić information content (AvgIpc) is 3.15. The largest absolute Gasteiger partial charge is 0.276 e. The third-order valence-electron chi connectivity index (χ3n) is 4.88. The van der Waals surface area contributed by atoms with Gasteiger partial charge in [0.1, 0.15) is 0 Å². The van der Waals surface area contributed by atoms with Crippen LogP contribution in [0.5, 0.6) is 0 Å². The van der Waals surface area contributed by atoms with E-state index >= 15 is 0 Å². The SMILES string of the molecule is CC(C)c1ccc(C2C=C(c3ccccc3)N(c3ccccc3)N2)cc1. The Labute approximate surface area is 155 Å². The number of hydrazine groups is 1. The molecule has 130 valence electrons. The van der Waals surface area contributed by atoms with Crippen LogP contribution in [-0.2, 0) is 0 Å². The Hall–Kier alpha value is -2.84.